The quantitative estimate of drug-likeness (QED) is 0.842. The molecule has 2 unspecified atom stereocenters. The van der Waals surface area contributed by atoms with Crippen molar-refractivity contribution in [3.63, 3.8) is 0 Å². The molecule has 2 saturated carbocycles. The van der Waals surface area contributed by atoms with E-state index in [1.165, 1.54) is 19.3 Å². The van der Waals surface area contributed by atoms with Crippen LogP contribution in [0.4, 0.5) is 0 Å². The van der Waals surface area contributed by atoms with E-state index in [0.717, 1.165) is 18.4 Å². The first-order valence-electron chi connectivity index (χ1n) is 8.70. The van der Waals surface area contributed by atoms with Crippen molar-refractivity contribution in [1.82, 2.24) is 5.32 Å². The van der Waals surface area contributed by atoms with Gasteiger partial charge in [-0.1, -0.05) is 30.2 Å². The van der Waals surface area contributed by atoms with Gasteiger partial charge >= 0.3 is 0 Å². The van der Waals surface area contributed by atoms with Crippen molar-refractivity contribution in [2.45, 2.75) is 63.5 Å². The second-order valence-electron chi connectivity index (χ2n) is 7.81. The normalized spacial score (nSPS) is 29.5. The number of amides is 1. The smallest absolute Gasteiger partial charge is 0.230 e. The molecule has 3 N–H and O–H groups in total. The molecule has 2 aliphatic carbocycles. The maximum atomic E-state index is 13.0. The predicted octanol–water partition coefficient (Wildman–Crippen LogP) is 4.06. The Morgan fingerprint density at radius 2 is 1.71 bits per heavy atom. The zero-order valence-corrected chi connectivity index (χ0v) is 16.0. The molecule has 3 rings (SSSR count). The third kappa shape index (κ3) is 3.89. The van der Waals surface area contributed by atoms with Gasteiger partial charge in [-0.3, -0.25) is 4.79 Å². The molecule has 0 aromatic heterocycles. The van der Waals surface area contributed by atoms with Crippen LogP contribution in [0, 0.1) is 11.8 Å². The second kappa shape index (κ2) is 7.63. The predicted molar refractivity (Wildman–Crippen MR) is 102 cm³/mol. The standard InChI is InChI=1S/C19H27ClN2O.ClH/c1-19(2,14-6-8-15(20)9-7-14)18(23)22-17-12-4-3-5-13(17)11-16(21)10-12;/h6-9,12-13,16-17H,3-5,10-11,21H2,1-2H3,(H,22,23);1H. The first kappa shape index (κ1) is 19.6. The minimum Gasteiger partial charge on any atom is -0.352 e. The molecule has 0 heterocycles. The van der Waals surface area contributed by atoms with Crippen LogP contribution in [0.5, 0.6) is 0 Å². The highest BCUT2D eigenvalue weighted by Gasteiger charge is 2.42. The SMILES string of the molecule is CC(C)(C(=O)NC1C2CCCC1CC(N)C2)c1ccc(Cl)cc1.Cl. The summed E-state index contributed by atoms with van der Waals surface area (Å²) < 4.78 is 0. The van der Waals surface area contributed by atoms with Crippen LogP contribution in [0.25, 0.3) is 0 Å². The molecule has 0 spiro atoms. The lowest BCUT2D eigenvalue weighted by atomic mass is 9.66. The zero-order chi connectivity index (χ0) is 16.6. The Morgan fingerprint density at radius 1 is 1.17 bits per heavy atom. The number of halogens is 2. The van der Waals surface area contributed by atoms with Crippen LogP contribution in [-0.2, 0) is 10.2 Å². The van der Waals surface area contributed by atoms with Gasteiger partial charge in [0.2, 0.25) is 5.91 Å². The van der Waals surface area contributed by atoms with Crippen molar-refractivity contribution in [2.24, 2.45) is 17.6 Å². The van der Waals surface area contributed by atoms with Gasteiger partial charge < -0.3 is 11.1 Å². The number of hydrogen-bond acceptors (Lipinski definition) is 2. The van der Waals surface area contributed by atoms with E-state index in [1.54, 1.807) is 0 Å². The Balaban J connectivity index is 0.00000208. The molecular weight excluding hydrogens is 343 g/mol. The van der Waals surface area contributed by atoms with Crippen LogP contribution in [0.3, 0.4) is 0 Å². The number of hydrogen-bond donors (Lipinski definition) is 2. The van der Waals surface area contributed by atoms with Crippen molar-refractivity contribution in [3.05, 3.63) is 34.9 Å². The Bertz CT molecular complexity index is 559. The molecule has 2 aliphatic rings. The highest BCUT2D eigenvalue weighted by Crippen LogP contribution is 2.40. The van der Waals surface area contributed by atoms with Gasteiger partial charge in [0.1, 0.15) is 0 Å². The van der Waals surface area contributed by atoms with Crippen molar-refractivity contribution in [3.8, 4) is 0 Å². The van der Waals surface area contributed by atoms with Crippen LogP contribution in [0.1, 0.15) is 51.5 Å². The van der Waals surface area contributed by atoms with Gasteiger partial charge in [-0.25, -0.2) is 0 Å². The molecule has 2 bridgehead atoms. The highest BCUT2D eigenvalue weighted by molar-refractivity contribution is 6.30. The minimum atomic E-state index is -0.557. The number of benzene rings is 1. The monoisotopic (exact) mass is 370 g/mol. The van der Waals surface area contributed by atoms with Gasteiger partial charge in [0.05, 0.1) is 5.41 Å². The average molecular weight is 371 g/mol. The molecular formula is C19H28Cl2N2O. The third-order valence-corrected chi connectivity index (χ3v) is 6.06. The summed E-state index contributed by atoms with van der Waals surface area (Å²) in [5.41, 5.74) is 6.62. The fraction of sp³-hybridized carbons (Fsp3) is 0.632. The molecule has 5 heteroatoms. The molecule has 0 aliphatic heterocycles. The summed E-state index contributed by atoms with van der Waals surface area (Å²) >= 11 is 5.96. The number of nitrogens with one attached hydrogen (secondary N) is 1. The van der Waals surface area contributed by atoms with E-state index in [1.807, 2.05) is 38.1 Å². The van der Waals surface area contributed by atoms with Gasteiger partial charge in [-0.2, -0.15) is 0 Å². The summed E-state index contributed by atoms with van der Waals surface area (Å²) in [6.45, 7) is 3.96. The van der Waals surface area contributed by atoms with E-state index in [2.05, 4.69) is 5.32 Å². The van der Waals surface area contributed by atoms with Crippen molar-refractivity contribution in [2.75, 3.05) is 0 Å². The van der Waals surface area contributed by atoms with Crippen LogP contribution >= 0.6 is 24.0 Å². The van der Waals surface area contributed by atoms with Crippen molar-refractivity contribution >= 4 is 29.9 Å². The topological polar surface area (TPSA) is 55.1 Å². The lowest BCUT2D eigenvalue weighted by Crippen LogP contribution is -2.56. The fourth-order valence-corrected chi connectivity index (χ4v) is 4.48. The Labute approximate surface area is 156 Å². The molecule has 134 valence electrons. The highest BCUT2D eigenvalue weighted by atomic mass is 35.5. The molecule has 0 radical (unpaired) electrons. The van der Waals surface area contributed by atoms with Gasteiger partial charge in [0.15, 0.2) is 0 Å². The lowest BCUT2D eigenvalue weighted by Gasteiger charge is -2.46. The van der Waals surface area contributed by atoms with Gasteiger partial charge in [0, 0.05) is 17.1 Å². The Hall–Kier alpha value is -0.770. The molecule has 24 heavy (non-hydrogen) atoms. The van der Waals surface area contributed by atoms with E-state index < -0.39 is 5.41 Å². The summed E-state index contributed by atoms with van der Waals surface area (Å²) in [5, 5.41) is 4.06. The van der Waals surface area contributed by atoms with Crippen LogP contribution < -0.4 is 11.1 Å². The molecule has 2 atom stereocenters. The zero-order valence-electron chi connectivity index (χ0n) is 14.4. The van der Waals surface area contributed by atoms with E-state index >= 15 is 0 Å². The molecule has 1 aromatic carbocycles. The van der Waals surface area contributed by atoms with E-state index in [4.69, 9.17) is 17.3 Å². The number of carbonyl (C=O) groups excluding carboxylic acids is 1. The Morgan fingerprint density at radius 3 is 2.25 bits per heavy atom. The Kier molecular flexibility index (Phi) is 6.22. The molecule has 1 aromatic rings. The number of fused-ring (bicyclic) bond motifs is 2. The summed E-state index contributed by atoms with van der Waals surface area (Å²) in [6.07, 6.45) is 5.74. The van der Waals surface area contributed by atoms with E-state index in [9.17, 15) is 4.79 Å². The van der Waals surface area contributed by atoms with Crippen LogP contribution in [-0.4, -0.2) is 18.0 Å². The van der Waals surface area contributed by atoms with Crippen LogP contribution in [0.2, 0.25) is 5.02 Å². The first-order valence-corrected chi connectivity index (χ1v) is 9.08. The van der Waals surface area contributed by atoms with Crippen molar-refractivity contribution in [1.29, 1.82) is 0 Å². The van der Waals surface area contributed by atoms with Crippen molar-refractivity contribution < 1.29 is 4.79 Å². The maximum absolute atomic E-state index is 13.0. The largest absolute Gasteiger partial charge is 0.352 e. The summed E-state index contributed by atoms with van der Waals surface area (Å²) in [7, 11) is 0. The third-order valence-electron chi connectivity index (χ3n) is 5.81. The summed E-state index contributed by atoms with van der Waals surface area (Å²) in [5.74, 6) is 1.20. The average Bonchev–Trinajstić information content (AvgIpc) is 2.48. The molecule has 0 saturated heterocycles. The van der Waals surface area contributed by atoms with E-state index in [0.29, 0.717) is 28.9 Å². The number of rotatable bonds is 3. The van der Waals surface area contributed by atoms with E-state index in [-0.39, 0.29) is 18.3 Å². The minimum absolute atomic E-state index is 0. The molecule has 3 nitrogen and oxygen atoms in total. The molecule has 1 amide bonds. The fourth-order valence-electron chi connectivity index (χ4n) is 4.35. The number of nitrogens with two attached hydrogens (primary N) is 1. The van der Waals surface area contributed by atoms with Gasteiger partial charge in [-0.15, -0.1) is 12.4 Å². The lowest BCUT2D eigenvalue weighted by molar-refractivity contribution is -0.128. The summed E-state index contributed by atoms with van der Waals surface area (Å²) in [4.78, 5) is 13.0. The molecule has 2 fully saturated rings. The summed E-state index contributed by atoms with van der Waals surface area (Å²) in [6, 6.07) is 8.19. The van der Waals surface area contributed by atoms with Crippen LogP contribution in [0.15, 0.2) is 24.3 Å². The first-order chi connectivity index (χ1) is 10.9. The van der Waals surface area contributed by atoms with Gasteiger partial charge in [0.25, 0.3) is 0 Å². The maximum Gasteiger partial charge on any atom is 0.230 e. The van der Waals surface area contributed by atoms with Gasteiger partial charge in [-0.05, 0) is 69.1 Å². The number of carbonyl (C=O) groups is 1. The second-order valence-corrected chi connectivity index (χ2v) is 8.25.